The zero-order valence-electron chi connectivity index (χ0n) is 11.0. The Morgan fingerprint density at radius 3 is 2.11 bits per heavy atom. The number of alkyl halides is 4. The molecule has 0 aliphatic rings. The lowest BCUT2D eigenvalue weighted by atomic mass is 10.0. The van der Waals surface area contributed by atoms with Crippen LogP contribution < -0.4 is 5.32 Å². The van der Waals surface area contributed by atoms with Gasteiger partial charge in [0, 0.05) is 12.6 Å². The topological polar surface area (TPSA) is 32.3 Å². The van der Waals surface area contributed by atoms with Gasteiger partial charge in [0.1, 0.15) is 0 Å². The maximum Gasteiger partial charge on any atom is 0.383 e. The van der Waals surface area contributed by atoms with Gasteiger partial charge in [0.25, 0.3) is 5.91 Å². The number of halogens is 4. The zero-order chi connectivity index (χ0) is 14.5. The van der Waals surface area contributed by atoms with Crippen molar-refractivity contribution in [2.75, 3.05) is 20.6 Å². The van der Waals surface area contributed by atoms with Crippen molar-refractivity contribution in [3.8, 4) is 0 Å². The van der Waals surface area contributed by atoms with Crippen molar-refractivity contribution in [3.05, 3.63) is 0 Å². The summed E-state index contributed by atoms with van der Waals surface area (Å²) in [7, 11) is 3.48. The third-order valence-corrected chi connectivity index (χ3v) is 2.55. The Morgan fingerprint density at radius 2 is 1.78 bits per heavy atom. The van der Waals surface area contributed by atoms with Crippen LogP contribution in [0, 0.1) is 5.92 Å². The maximum absolute atomic E-state index is 12.7. The van der Waals surface area contributed by atoms with Gasteiger partial charge < -0.3 is 10.2 Å². The summed E-state index contributed by atoms with van der Waals surface area (Å²) in [4.78, 5) is 12.7. The van der Waals surface area contributed by atoms with Crippen LogP contribution in [0.1, 0.15) is 20.3 Å². The molecule has 0 aromatic carbocycles. The largest absolute Gasteiger partial charge is 0.383 e. The fourth-order valence-electron chi connectivity index (χ4n) is 1.45. The van der Waals surface area contributed by atoms with E-state index in [9.17, 15) is 22.4 Å². The Hall–Kier alpha value is -0.850. The van der Waals surface area contributed by atoms with Gasteiger partial charge in [0.2, 0.25) is 0 Å². The van der Waals surface area contributed by atoms with Gasteiger partial charge in [-0.05, 0) is 26.4 Å². The van der Waals surface area contributed by atoms with Gasteiger partial charge in [-0.1, -0.05) is 13.8 Å². The molecule has 0 aromatic rings. The molecule has 0 saturated heterocycles. The number of nitrogens with one attached hydrogen (secondary N) is 1. The SMILES string of the molecule is CC(C)CC(CNC(=O)C(F)(F)C(F)F)N(C)C. The van der Waals surface area contributed by atoms with Crippen LogP contribution in [-0.4, -0.2) is 49.8 Å². The van der Waals surface area contributed by atoms with Crippen molar-refractivity contribution in [3.63, 3.8) is 0 Å². The molecule has 0 aliphatic heterocycles. The Kier molecular flexibility index (Phi) is 6.59. The molecule has 0 spiro atoms. The van der Waals surface area contributed by atoms with E-state index in [4.69, 9.17) is 0 Å². The van der Waals surface area contributed by atoms with Crippen molar-refractivity contribution in [1.29, 1.82) is 0 Å². The van der Waals surface area contributed by atoms with Gasteiger partial charge in [-0.15, -0.1) is 0 Å². The van der Waals surface area contributed by atoms with E-state index in [-0.39, 0.29) is 12.6 Å². The highest BCUT2D eigenvalue weighted by atomic mass is 19.3. The highest BCUT2D eigenvalue weighted by Gasteiger charge is 2.48. The minimum absolute atomic E-state index is 0.0771. The van der Waals surface area contributed by atoms with Crippen LogP contribution in [-0.2, 0) is 4.79 Å². The zero-order valence-corrected chi connectivity index (χ0v) is 11.0. The molecule has 3 nitrogen and oxygen atoms in total. The van der Waals surface area contributed by atoms with Gasteiger partial charge in [-0.2, -0.15) is 8.78 Å². The van der Waals surface area contributed by atoms with E-state index in [0.717, 1.165) is 0 Å². The molecule has 1 unspecified atom stereocenters. The number of carbonyl (C=O) groups excluding carboxylic acids is 1. The minimum atomic E-state index is -4.63. The molecule has 108 valence electrons. The smallest absolute Gasteiger partial charge is 0.349 e. The molecule has 0 bridgehead atoms. The maximum atomic E-state index is 12.7. The van der Waals surface area contributed by atoms with Gasteiger partial charge in [0.05, 0.1) is 0 Å². The number of likely N-dealkylation sites (N-methyl/N-ethyl adjacent to an activating group) is 1. The molecule has 0 rings (SSSR count). The van der Waals surface area contributed by atoms with Crippen molar-refractivity contribution in [1.82, 2.24) is 10.2 Å². The highest BCUT2D eigenvalue weighted by Crippen LogP contribution is 2.22. The van der Waals surface area contributed by atoms with Crippen LogP contribution in [0.25, 0.3) is 0 Å². The number of nitrogens with zero attached hydrogens (tertiary/aromatic N) is 1. The Bertz CT molecular complexity index is 270. The van der Waals surface area contributed by atoms with E-state index >= 15 is 0 Å². The summed E-state index contributed by atoms with van der Waals surface area (Å²) in [5.41, 5.74) is 0. The highest BCUT2D eigenvalue weighted by molar-refractivity contribution is 5.83. The first kappa shape index (κ1) is 17.2. The fourth-order valence-corrected chi connectivity index (χ4v) is 1.45. The van der Waals surface area contributed by atoms with Crippen molar-refractivity contribution in [2.45, 2.75) is 38.7 Å². The molecule has 1 atom stereocenters. The second kappa shape index (κ2) is 6.92. The van der Waals surface area contributed by atoms with Crippen molar-refractivity contribution >= 4 is 5.91 Å². The first-order chi connectivity index (χ1) is 8.09. The van der Waals surface area contributed by atoms with E-state index in [1.807, 2.05) is 19.2 Å². The first-order valence-corrected chi connectivity index (χ1v) is 5.69. The lowest BCUT2D eigenvalue weighted by Gasteiger charge is -2.27. The molecule has 0 saturated carbocycles. The first-order valence-electron chi connectivity index (χ1n) is 5.69. The van der Waals surface area contributed by atoms with Gasteiger partial charge in [-0.25, -0.2) is 8.78 Å². The van der Waals surface area contributed by atoms with E-state index in [1.54, 1.807) is 19.0 Å². The van der Waals surface area contributed by atoms with Crippen molar-refractivity contribution < 1.29 is 22.4 Å². The van der Waals surface area contributed by atoms with Crippen LogP contribution in [0.2, 0.25) is 0 Å². The summed E-state index contributed by atoms with van der Waals surface area (Å²) in [5.74, 6) is -6.24. The second-order valence-electron chi connectivity index (χ2n) is 4.88. The molecule has 1 N–H and O–H groups in total. The molecule has 0 heterocycles. The lowest BCUT2D eigenvalue weighted by Crippen LogP contribution is -2.49. The third-order valence-electron chi connectivity index (χ3n) is 2.55. The Morgan fingerprint density at radius 1 is 1.28 bits per heavy atom. The Balaban J connectivity index is 4.40. The van der Waals surface area contributed by atoms with Gasteiger partial charge in [0.15, 0.2) is 0 Å². The van der Waals surface area contributed by atoms with Gasteiger partial charge >= 0.3 is 12.3 Å². The van der Waals surface area contributed by atoms with E-state index in [0.29, 0.717) is 12.3 Å². The second-order valence-corrected chi connectivity index (χ2v) is 4.88. The number of carbonyl (C=O) groups is 1. The predicted octanol–water partition coefficient (Wildman–Crippen LogP) is 1.98. The lowest BCUT2D eigenvalue weighted by molar-refractivity contribution is -0.169. The summed E-state index contributed by atoms with van der Waals surface area (Å²) in [5, 5.41) is 1.88. The number of amides is 1. The molecular formula is C11H20F4N2O. The number of hydrogen-bond acceptors (Lipinski definition) is 2. The number of hydrogen-bond donors (Lipinski definition) is 1. The molecule has 0 aromatic heterocycles. The summed E-state index contributed by atoms with van der Waals surface area (Å²) >= 11 is 0. The van der Waals surface area contributed by atoms with E-state index in [1.165, 1.54) is 0 Å². The quantitative estimate of drug-likeness (QED) is 0.719. The summed E-state index contributed by atoms with van der Waals surface area (Å²) in [6, 6.07) is -0.164. The number of rotatable bonds is 7. The summed E-state index contributed by atoms with van der Waals surface area (Å²) in [6.07, 6.45) is -3.31. The third kappa shape index (κ3) is 5.20. The van der Waals surface area contributed by atoms with Crippen LogP contribution in [0.5, 0.6) is 0 Å². The summed E-state index contributed by atoms with van der Waals surface area (Å²) < 4.78 is 49.2. The van der Waals surface area contributed by atoms with Crippen molar-refractivity contribution in [2.24, 2.45) is 5.92 Å². The molecule has 0 aliphatic carbocycles. The average molecular weight is 272 g/mol. The van der Waals surface area contributed by atoms with Crippen LogP contribution in [0.4, 0.5) is 17.6 Å². The summed E-state index contributed by atoms with van der Waals surface area (Å²) in [6.45, 7) is 3.82. The van der Waals surface area contributed by atoms with Gasteiger partial charge in [-0.3, -0.25) is 4.79 Å². The molecular weight excluding hydrogens is 252 g/mol. The molecule has 1 amide bonds. The minimum Gasteiger partial charge on any atom is -0.349 e. The Labute approximate surface area is 105 Å². The standard InChI is InChI=1S/C11H20F4N2O/c1-7(2)5-8(17(3)4)6-16-10(18)11(14,15)9(12)13/h7-9H,5-6H2,1-4H3,(H,16,18). The predicted molar refractivity (Wildman–Crippen MR) is 60.9 cm³/mol. The fraction of sp³-hybridized carbons (Fsp3) is 0.909. The molecule has 0 radical (unpaired) electrons. The van der Waals surface area contributed by atoms with Crippen LogP contribution in [0.15, 0.2) is 0 Å². The molecule has 0 fully saturated rings. The normalized spacial score (nSPS) is 14.4. The molecule has 7 heteroatoms. The van der Waals surface area contributed by atoms with Crippen LogP contribution >= 0.6 is 0 Å². The monoisotopic (exact) mass is 272 g/mol. The molecule has 18 heavy (non-hydrogen) atoms. The van der Waals surface area contributed by atoms with E-state index < -0.39 is 18.3 Å². The van der Waals surface area contributed by atoms with Crippen LogP contribution in [0.3, 0.4) is 0 Å². The average Bonchev–Trinajstić information content (AvgIpc) is 2.22. The van der Waals surface area contributed by atoms with E-state index in [2.05, 4.69) is 0 Å².